The summed E-state index contributed by atoms with van der Waals surface area (Å²) in [6, 6.07) is 9.76. The lowest BCUT2D eigenvalue weighted by molar-refractivity contribution is 0.0668. The van der Waals surface area contributed by atoms with E-state index in [0.717, 1.165) is 30.3 Å². The van der Waals surface area contributed by atoms with Crippen molar-refractivity contribution in [1.29, 1.82) is 0 Å². The zero-order valence-electron chi connectivity index (χ0n) is 13.8. The Morgan fingerprint density at radius 3 is 2.71 bits per heavy atom. The van der Waals surface area contributed by atoms with E-state index in [-0.39, 0.29) is 23.5 Å². The van der Waals surface area contributed by atoms with E-state index in [9.17, 15) is 13.2 Å². The van der Waals surface area contributed by atoms with Crippen LogP contribution in [0.4, 0.5) is 0 Å². The number of amides is 1. The second kappa shape index (κ2) is 5.62. The molecular formula is C18H22N2O3S. The number of hydrogen-bond acceptors (Lipinski definition) is 3. The Labute approximate surface area is 142 Å². The minimum atomic E-state index is -3.03. The van der Waals surface area contributed by atoms with E-state index < -0.39 is 9.84 Å². The molecule has 4 rings (SSSR count). The van der Waals surface area contributed by atoms with Crippen molar-refractivity contribution in [3.63, 3.8) is 0 Å². The standard InChI is InChI=1S/C18H22N2O3S/c1-2-19-15-6-4-3-5-14(15)11-16(19)18(21)20-9-10-24(22,23)12-17(20)13-7-8-13/h3-6,11,13,17H,2,7-10,12H2,1H3. The fourth-order valence-corrected chi connectivity index (χ4v) is 5.45. The summed E-state index contributed by atoms with van der Waals surface area (Å²) in [6.07, 6.45) is 2.06. The molecule has 24 heavy (non-hydrogen) atoms. The molecule has 6 heteroatoms. The third kappa shape index (κ3) is 2.62. The van der Waals surface area contributed by atoms with Gasteiger partial charge < -0.3 is 9.47 Å². The number of sulfone groups is 1. The summed E-state index contributed by atoms with van der Waals surface area (Å²) in [6.45, 7) is 3.06. The van der Waals surface area contributed by atoms with Gasteiger partial charge in [-0.05, 0) is 37.8 Å². The van der Waals surface area contributed by atoms with E-state index in [1.165, 1.54) is 0 Å². The molecule has 0 bridgehead atoms. The van der Waals surface area contributed by atoms with Gasteiger partial charge in [-0.3, -0.25) is 4.79 Å². The van der Waals surface area contributed by atoms with Crippen LogP contribution in [0, 0.1) is 5.92 Å². The lowest BCUT2D eigenvalue weighted by Crippen LogP contribution is -2.52. The Kier molecular flexibility index (Phi) is 3.67. The molecular weight excluding hydrogens is 324 g/mol. The van der Waals surface area contributed by atoms with Crippen molar-refractivity contribution in [2.75, 3.05) is 18.1 Å². The monoisotopic (exact) mass is 346 g/mol. The number of carbonyl (C=O) groups excluding carboxylic acids is 1. The molecule has 1 aromatic carbocycles. The molecule has 2 heterocycles. The van der Waals surface area contributed by atoms with Gasteiger partial charge in [0.2, 0.25) is 0 Å². The van der Waals surface area contributed by atoms with Crippen LogP contribution in [0.5, 0.6) is 0 Å². The third-order valence-electron chi connectivity index (χ3n) is 5.24. The van der Waals surface area contributed by atoms with Crippen molar-refractivity contribution in [2.45, 2.75) is 32.4 Å². The maximum Gasteiger partial charge on any atom is 0.270 e. The van der Waals surface area contributed by atoms with Crippen molar-refractivity contribution in [2.24, 2.45) is 5.92 Å². The van der Waals surface area contributed by atoms with Crippen molar-refractivity contribution in [1.82, 2.24) is 9.47 Å². The summed E-state index contributed by atoms with van der Waals surface area (Å²) in [5, 5.41) is 1.05. The van der Waals surface area contributed by atoms with Crippen molar-refractivity contribution in [3.05, 3.63) is 36.0 Å². The summed E-state index contributed by atoms with van der Waals surface area (Å²) >= 11 is 0. The summed E-state index contributed by atoms with van der Waals surface area (Å²) in [4.78, 5) is 15.0. The van der Waals surface area contributed by atoms with Gasteiger partial charge in [0.05, 0.1) is 11.5 Å². The molecule has 2 fully saturated rings. The van der Waals surface area contributed by atoms with Crippen LogP contribution in [0.15, 0.2) is 30.3 Å². The largest absolute Gasteiger partial charge is 0.337 e. The highest BCUT2D eigenvalue weighted by molar-refractivity contribution is 7.91. The first kappa shape index (κ1) is 15.7. The van der Waals surface area contributed by atoms with Crippen LogP contribution in [0.3, 0.4) is 0 Å². The SMILES string of the molecule is CCn1c(C(=O)N2CCS(=O)(=O)CC2C2CC2)cc2ccccc21. The van der Waals surface area contributed by atoms with Gasteiger partial charge in [-0.25, -0.2) is 8.42 Å². The Morgan fingerprint density at radius 2 is 2.00 bits per heavy atom. The number of carbonyl (C=O) groups is 1. The van der Waals surface area contributed by atoms with Gasteiger partial charge >= 0.3 is 0 Å². The van der Waals surface area contributed by atoms with Crippen LogP contribution in [0.25, 0.3) is 10.9 Å². The Hall–Kier alpha value is -1.82. The molecule has 1 amide bonds. The van der Waals surface area contributed by atoms with Crippen LogP contribution in [-0.4, -0.2) is 47.9 Å². The number of nitrogens with zero attached hydrogens (tertiary/aromatic N) is 2. The first-order chi connectivity index (χ1) is 11.5. The van der Waals surface area contributed by atoms with E-state index in [1.807, 2.05) is 46.7 Å². The molecule has 2 aliphatic rings. The van der Waals surface area contributed by atoms with Crippen LogP contribution in [0.1, 0.15) is 30.3 Å². The molecule has 0 spiro atoms. The molecule has 0 N–H and O–H groups in total. The van der Waals surface area contributed by atoms with Crippen LogP contribution in [0.2, 0.25) is 0 Å². The molecule has 1 saturated heterocycles. The van der Waals surface area contributed by atoms with Crippen LogP contribution < -0.4 is 0 Å². The van der Waals surface area contributed by atoms with Crippen molar-refractivity contribution < 1.29 is 13.2 Å². The number of para-hydroxylation sites is 1. The summed E-state index contributed by atoms with van der Waals surface area (Å²) in [5.41, 5.74) is 1.72. The van der Waals surface area contributed by atoms with Crippen LogP contribution in [-0.2, 0) is 16.4 Å². The molecule has 0 radical (unpaired) electrons. The molecule has 1 atom stereocenters. The van der Waals surface area contributed by atoms with Gasteiger partial charge in [0.1, 0.15) is 5.69 Å². The van der Waals surface area contributed by atoms with Crippen LogP contribution >= 0.6 is 0 Å². The fraction of sp³-hybridized carbons (Fsp3) is 0.500. The molecule has 128 valence electrons. The number of aromatic nitrogens is 1. The first-order valence-corrected chi connectivity index (χ1v) is 10.4. The predicted molar refractivity (Wildman–Crippen MR) is 93.8 cm³/mol. The smallest absolute Gasteiger partial charge is 0.270 e. The predicted octanol–water partition coefficient (Wildman–Crippen LogP) is 2.31. The Morgan fingerprint density at radius 1 is 1.25 bits per heavy atom. The number of fused-ring (bicyclic) bond motifs is 1. The molecule has 1 saturated carbocycles. The maximum absolute atomic E-state index is 13.2. The van der Waals surface area contributed by atoms with E-state index >= 15 is 0 Å². The van der Waals surface area contributed by atoms with Gasteiger partial charge in [-0.2, -0.15) is 0 Å². The minimum absolute atomic E-state index is 0.0279. The lowest BCUT2D eigenvalue weighted by atomic mass is 10.1. The normalized spacial score (nSPS) is 23.5. The number of rotatable bonds is 3. The highest BCUT2D eigenvalue weighted by atomic mass is 32.2. The van der Waals surface area contributed by atoms with E-state index in [4.69, 9.17) is 0 Å². The second-order valence-corrected chi connectivity index (χ2v) is 9.08. The Bertz CT molecular complexity index is 896. The van der Waals surface area contributed by atoms with E-state index in [2.05, 4.69) is 0 Å². The van der Waals surface area contributed by atoms with Crippen molar-refractivity contribution >= 4 is 26.6 Å². The van der Waals surface area contributed by atoms with E-state index in [1.54, 1.807) is 0 Å². The van der Waals surface area contributed by atoms with E-state index in [0.29, 0.717) is 18.2 Å². The number of aryl methyl sites for hydroxylation is 1. The number of benzene rings is 1. The highest BCUT2D eigenvalue weighted by Gasteiger charge is 2.43. The maximum atomic E-state index is 13.2. The molecule has 1 aromatic heterocycles. The topological polar surface area (TPSA) is 59.4 Å². The average molecular weight is 346 g/mol. The van der Waals surface area contributed by atoms with Gasteiger partial charge in [-0.1, -0.05) is 18.2 Å². The first-order valence-electron chi connectivity index (χ1n) is 8.60. The van der Waals surface area contributed by atoms with Gasteiger partial charge in [-0.15, -0.1) is 0 Å². The van der Waals surface area contributed by atoms with Gasteiger partial charge in [0.15, 0.2) is 9.84 Å². The fourth-order valence-electron chi connectivity index (χ4n) is 3.84. The highest BCUT2D eigenvalue weighted by Crippen LogP contribution is 2.38. The zero-order valence-corrected chi connectivity index (χ0v) is 14.6. The average Bonchev–Trinajstić information content (AvgIpc) is 3.33. The van der Waals surface area contributed by atoms with Crippen molar-refractivity contribution in [3.8, 4) is 0 Å². The molecule has 2 aromatic rings. The summed E-state index contributed by atoms with van der Waals surface area (Å²) < 4.78 is 26.1. The number of hydrogen-bond donors (Lipinski definition) is 0. The Balaban J connectivity index is 1.72. The van der Waals surface area contributed by atoms with Gasteiger partial charge in [0, 0.05) is 30.0 Å². The second-order valence-electron chi connectivity index (χ2n) is 6.85. The molecule has 1 unspecified atom stereocenters. The minimum Gasteiger partial charge on any atom is -0.337 e. The molecule has 1 aliphatic heterocycles. The summed E-state index contributed by atoms with van der Waals surface area (Å²) in [7, 11) is -3.03. The zero-order chi connectivity index (χ0) is 16.9. The molecule has 1 aliphatic carbocycles. The lowest BCUT2D eigenvalue weighted by Gasteiger charge is -2.36. The molecule has 5 nitrogen and oxygen atoms in total. The van der Waals surface area contributed by atoms with Gasteiger partial charge in [0.25, 0.3) is 5.91 Å². The summed E-state index contributed by atoms with van der Waals surface area (Å²) in [5.74, 6) is 0.521. The third-order valence-corrected chi connectivity index (χ3v) is 6.90. The quantitative estimate of drug-likeness (QED) is 0.857.